The van der Waals surface area contributed by atoms with Crippen LogP contribution in [0.15, 0.2) is 18.2 Å². The van der Waals surface area contributed by atoms with Gasteiger partial charge >= 0.3 is 0 Å². The summed E-state index contributed by atoms with van der Waals surface area (Å²) in [6.45, 7) is 0.743. The Morgan fingerprint density at radius 1 is 1.35 bits per heavy atom. The first-order chi connectivity index (χ1) is 9.71. The molecule has 2 fully saturated rings. The van der Waals surface area contributed by atoms with Crippen LogP contribution < -0.4 is 4.74 Å². The van der Waals surface area contributed by atoms with Crippen molar-refractivity contribution in [3.8, 4) is 11.8 Å². The normalized spacial score (nSPS) is 24.5. The van der Waals surface area contributed by atoms with E-state index in [9.17, 15) is 0 Å². The maximum Gasteiger partial charge on any atom is 0.138 e. The summed E-state index contributed by atoms with van der Waals surface area (Å²) in [7, 11) is 0. The van der Waals surface area contributed by atoms with Gasteiger partial charge in [-0.15, -0.1) is 0 Å². The van der Waals surface area contributed by atoms with Gasteiger partial charge in [0.1, 0.15) is 17.9 Å². The van der Waals surface area contributed by atoms with Crippen LogP contribution in [0.4, 0.5) is 0 Å². The quantitative estimate of drug-likeness (QED) is 0.824. The number of nitrogens with zero attached hydrogens (tertiary/aromatic N) is 1. The van der Waals surface area contributed by atoms with E-state index in [1.54, 1.807) is 18.2 Å². The van der Waals surface area contributed by atoms with Gasteiger partial charge in [0.15, 0.2) is 0 Å². The smallest absolute Gasteiger partial charge is 0.138 e. The number of ether oxygens (including phenoxy) is 2. The molecule has 3 rings (SSSR count). The molecule has 0 bridgehead atoms. The van der Waals surface area contributed by atoms with Gasteiger partial charge in [0, 0.05) is 23.9 Å². The van der Waals surface area contributed by atoms with Crippen molar-refractivity contribution in [2.24, 2.45) is 0 Å². The van der Waals surface area contributed by atoms with E-state index in [1.807, 2.05) is 0 Å². The Balaban J connectivity index is 1.74. The first-order valence-electron chi connectivity index (χ1n) is 7.21. The molecule has 1 saturated heterocycles. The van der Waals surface area contributed by atoms with Crippen LogP contribution in [0.1, 0.15) is 44.1 Å². The molecule has 1 aliphatic heterocycles. The second kappa shape index (κ2) is 5.63. The van der Waals surface area contributed by atoms with Crippen LogP contribution in [0.2, 0.25) is 5.02 Å². The lowest BCUT2D eigenvalue weighted by atomic mass is 9.90. The summed E-state index contributed by atoms with van der Waals surface area (Å²) in [6.07, 6.45) is 6.66. The molecule has 1 aliphatic carbocycles. The van der Waals surface area contributed by atoms with Gasteiger partial charge in [0.25, 0.3) is 0 Å². The molecule has 1 unspecified atom stereocenters. The third-order valence-corrected chi connectivity index (χ3v) is 4.56. The van der Waals surface area contributed by atoms with E-state index in [2.05, 4.69) is 6.07 Å². The summed E-state index contributed by atoms with van der Waals surface area (Å²) in [4.78, 5) is 0. The Labute approximate surface area is 124 Å². The summed E-state index contributed by atoms with van der Waals surface area (Å²) >= 11 is 6.00. The molecule has 3 nitrogen and oxygen atoms in total. The van der Waals surface area contributed by atoms with Gasteiger partial charge in [0.05, 0.1) is 17.8 Å². The van der Waals surface area contributed by atoms with Crippen LogP contribution in [0, 0.1) is 11.3 Å². The molecule has 0 aromatic heterocycles. The van der Waals surface area contributed by atoms with Crippen molar-refractivity contribution in [3.05, 3.63) is 28.8 Å². The second-order valence-corrected chi connectivity index (χ2v) is 6.16. The van der Waals surface area contributed by atoms with Crippen molar-refractivity contribution in [3.63, 3.8) is 0 Å². The molecule has 1 heterocycles. The number of halogens is 1. The fourth-order valence-corrected chi connectivity index (χ4v) is 3.48. The van der Waals surface area contributed by atoms with Gasteiger partial charge in [-0.05, 0) is 25.0 Å². The van der Waals surface area contributed by atoms with Crippen LogP contribution in [-0.2, 0) is 4.74 Å². The van der Waals surface area contributed by atoms with Crippen LogP contribution in [0.3, 0.4) is 0 Å². The lowest BCUT2D eigenvalue weighted by Crippen LogP contribution is -2.41. The third-order valence-electron chi connectivity index (χ3n) is 4.32. The number of rotatable bonds is 2. The zero-order chi connectivity index (χ0) is 14.0. The second-order valence-electron chi connectivity index (χ2n) is 5.72. The first-order valence-corrected chi connectivity index (χ1v) is 7.59. The van der Waals surface area contributed by atoms with Crippen LogP contribution >= 0.6 is 11.6 Å². The van der Waals surface area contributed by atoms with Gasteiger partial charge in [0.2, 0.25) is 0 Å². The monoisotopic (exact) mass is 291 g/mol. The average molecular weight is 292 g/mol. The highest BCUT2D eigenvalue weighted by molar-refractivity contribution is 6.30. The maximum atomic E-state index is 9.15. The van der Waals surface area contributed by atoms with Crippen molar-refractivity contribution in [1.82, 2.24) is 0 Å². The maximum absolute atomic E-state index is 9.15. The van der Waals surface area contributed by atoms with Crippen molar-refractivity contribution >= 4 is 11.6 Å². The van der Waals surface area contributed by atoms with Gasteiger partial charge < -0.3 is 9.47 Å². The van der Waals surface area contributed by atoms with Crippen molar-refractivity contribution in [1.29, 1.82) is 5.26 Å². The minimum absolute atomic E-state index is 0.0221. The molecule has 1 atom stereocenters. The molecule has 20 heavy (non-hydrogen) atoms. The molecule has 0 N–H and O–H groups in total. The summed E-state index contributed by atoms with van der Waals surface area (Å²) < 4.78 is 12.1. The Morgan fingerprint density at radius 3 is 2.90 bits per heavy atom. The predicted molar refractivity (Wildman–Crippen MR) is 77.0 cm³/mol. The minimum Gasteiger partial charge on any atom is -0.489 e. The van der Waals surface area contributed by atoms with E-state index in [-0.39, 0.29) is 11.7 Å². The molecule has 1 aromatic carbocycles. The Kier molecular flexibility index (Phi) is 3.87. The van der Waals surface area contributed by atoms with Crippen molar-refractivity contribution in [2.45, 2.75) is 50.2 Å². The Morgan fingerprint density at radius 2 is 2.15 bits per heavy atom. The van der Waals surface area contributed by atoms with Gasteiger partial charge in [-0.3, -0.25) is 0 Å². The number of benzene rings is 1. The predicted octanol–water partition coefficient (Wildman–Crippen LogP) is 4.08. The lowest BCUT2D eigenvalue weighted by molar-refractivity contribution is -0.108. The highest BCUT2D eigenvalue weighted by atomic mass is 35.5. The molecule has 1 aromatic rings. The van der Waals surface area contributed by atoms with E-state index in [0.29, 0.717) is 16.3 Å². The van der Waals surface area contributed by atoms with E-state index < -0.39 is 0 Å². The van der Waals surface area contributed by atoms with Crippen LogP contribution in [0.5, 0.6) is 5.75 Å². The standard InChI is InChI=1S/C16H18ClNO2/c17-13-4-3-12(11-18)15(9-13)20-14-5-8-19-16(10-14)6-1-2-7-16/h3-4,9,14H,1-2,5-8,10H2. The summed E-state index contributed by atoms with van der Waals surface area (Å²) in [5.74, 6) is 0.597. The van der Waals surface area contributed by atoms with E-state index in [0.717, 1.165) is 32.3 Å². The number of hydrogen-bond donors (Lipinski definition) is 0. The molecular weight excluding hydrogens is 274 g/mol. The SMILES string of the molecule is N#Cc1ccc(Cl)cc1OC1CCOC2(CCCC2)C1. The van der Waals surface area contributed by atoms with E-state index in [1.165, 1.54) is 12.8 Å². The highest BCUT2D eigenvalue weighted by Crippen LogP contribution is 2.41. The zero-order valence-electron chi connectivity index (χ0n) is 11.4. The van der Waals surface area contributed by atoms with Crippen molar-refractivity contribution in [2.75, 3.05) is 6.61 Å². The fourth-order valence-electron chi connectivity index (χ4n) is 3.32. The zero-order valence-corrected chi connectivity index (χ0v) is 12.2. The van der Waals surface area contributed by atoms with Gasteiger partial charge in [-0.2, -0.15) is 5.26 Å². The molecule has 1 saturated carbocycles. The number of hydrogen-bond acceptors (Lipinski definition) is 3. The lowest BCUT2D eigenvalue weighted by Gasteiger charge is -2.38. The summed E-state index contributed by atoms with van der Waals surface area (Å²) in [5.41, 5.74) is 0.565. The summed E-state index contributed by atoms with van der Waals surface area (Å²) in [5, 5.41) is 9.74. The molecule has 0 radical (unpaired) electrons. The highest BCUT2D eigenvalue weighted by Gasteiger charge is 2.40. The molecule has 106 valence electrons. The molecule has 2 aliphatic rings. The first kappa shape index (κ1) is 13.7. The van der Waals surface area contributed by atoms with Crippen LogP contribution in [0.25, 0.3) is 0 Å². The fraction of sp³-hybridized carbons (Fsp3) is 0.562. The largest absolute Gasteiger partial charge is 0.489 e. The van der Waals surface area contributed by atoms with Gasteiger partial charge in [-0.1, -0.05) is 24.4 Å². The number of nitriles is 1. The minimum atomic E-state index is 0.0221. The Hall–Kier alpha value is -1.24. The Bertz CT molecular complexity index is 532. The molecular formula is C16H18ClNO2. The molecule has 4 heteroatoms. The van der Waals surface area contributed by atoms with E-state index >= 15 is 0 Å². The van der Waals surface area contributed by atoms with Crippen molar-refractivity contribution < 1.29 is 9.47 Å². The average Bonchev–Trinajstić information content (AvgIpc) is 2.87. The van der Waals surface area contributed by atoms with Crippen LogP contribution in [-0.4, -0.2) is 18.3 Å². The van der Waals surface area contributed by atoms with Gasteiger partial charge in [-0.25, -0.2) is 0 Å². The summed E-state index contributed by atoms with van der Waals surface area (Å²) in [6, 6.07) is 7.32. The topological polar surface area (TPSA) is 42.2 Å². The van der Waals surface area contributed by atoms with E-state index in [4.69, 9.17) is 26.3 Å². The molecule has 0 amide bonds. The molecule has 1 spiro atoms. The third kappa shape index (κ3) is 2.77.